The molecule has 0 radical (unpaired) electrons. The fraction of sp³-hybridized carbons (Fsp3) is 0.733. The molecule has 0 saturated carbocycles. The van der Waals surface area contributed by atoms with Gasteiger partial charge in [0, 0.05) is 18.9 Å². The molecule has 1 fully saturated rings. The van der Waals surface area contributed by atoms with Gasteiger partial charge in [0.2, 0.25) is 0 Å². The van der Waals surface area contributed by atoms with Crippen molar-refractivity contribution in [2.24, 2.45) is 0 Å². The quantitative estimate of drug-likeness (QED) is 0.758. The lowest BCUT2D eigenvalue weighted by Gasteiger charge is -2.25. The maximum absolute atomic E-state index is 12.1. The number of rotatable bonds is 6. The van der Waals surface area contributed by atoms with E-state index in [1.165, 1.54) is 10.8 Å². The van der Waals surface area contributed by atoms with E-state index in [1.807, 2.05) is 13.8 Å². The van der Waals surface area contributed by atoms with Crippen LogP contribution in [0, 0.1) is 6.92 Å². The smallest absolute Gasteiger partial charge is 0.330 e. The van der Waals surface area contributed by atoms with E-state index in [9.17, 15) is 14.7 Å². The first-order valence-electron chi connectivity index (χ1n) is 7.69. The molecule has 23 heavy (non-hydrogen) atoms. The van der Waals surface area contributed by atoms with E-state index in [0.717, 1.165) is 0 Å². The largest absolute Gasteiger partial charge is 0.388 e. The Balaban J connectivity index is 2.35. The molecule has 1 saturated heterocycles. The molecule has 8 heteroatoms. The second-order valence-corrected chi connectivity index (χ2v) is 5.81. The van der Waals surface area contributed by atoms with Gasteiger partial charge in [-0.3, -0.25) is 14.3 Å². The normalized spacial score (nSPS) is 28.9. The number of nitrogens with zero attached hydrogens (tertiary/aromatic N) is 1. The van der Waals surface area contributed by atoms with Gasteiger partial charge in [-0.2, -0.15) is 0 Å². The van der Waals surface area contributed by atoms with Gasteiger partial charge in [0.05, 0.1) is 18.8 Å². The van der Waals surface area contributed by atoms with Gasteiger partial charge in [-0.15, -0.1) is 0 Å². The van der Waals surface area contributed by atoms with Crippen LogP contribution in [-0.2, 0) is 14.2 Å². The number of aromatic amines is 1. The molecule has 0 amide bonds. The number of H-pyrrole nitrogens is 1. The average Bonchev–Trinajstić information content (AvgIpc) is 2.80. The van der Waals surface area contributed by atoms with Gasteiger partial charge in [-0.1, -0.05) is 6.92 Å². The highest BCUT2D eigenvalue weighted by Crippen LogP contribution is 2.33. The van der Waals surface area contributed by atoms with Gasteiger partial charge in [-0.25, -0.2) is 4.79 Å². The topological polar surface area (TPSA) is 103 Å². The summed E-state index contributed by atoms with van der Waals surface area (Å²) < 4.78 is 17.9. The second-order valence-electron chi connectivity index (χ2n) is 5.81. The van der Waals surface area contributed by atoms with Crippen molar-refractivity contribution in [1.29, 1.82) is 0 Å². The highest BCUT2D eigenvalue weighted by molar-refractivity contribution is 5.03. The molecule has 2 heterocycles. The standard InChI is InChI=1S/C15H24N2O6/c1-5-10-11(18)12(22-9(3)7-21-4)14(23-10)17-6-8(2)13(19)16-15(17)20/h6,9-12,14,18H,5,7H2,1-4H3,(H,16,19,20)/t9-,10-,11?,12+,14-/m1/s1. The van der Waals surface area contributed by atoms with Crippen molar-refractivity contribution in [3.8, 4) is 0 Å². The Hall–Kier alpha value is -1.48. The minimum Gasteiger partial charge on any atom is -0.388 e. The van der Waals surface area contributed by atoms with E-state index in [-0.39, 0.29) is 6.10 Å². The summed E-state index contributed by atoms with van der Waals surface area (Å²) in [6.07, 6.45) is -1.13. The number of aliphatic hydroxyl groups excluding tert-OH is 1. The highest BCUT2D eigenvalue weighted by Gasteiger charge is 2.45. The fourth-order valence-electron chi connectivity index (χ4n) is 2.74. The van der Waals surface area contributed by atoms with Crippen molar-refractivity contribution in [2.45, 2.75) is 57.8 Å². The first kappa shape index (κ1) is 17.9. The summed E-state index contributed by atoms with van der Waals surface area (Å²) in [7, 11) is 1.56. The lowest BCUT2D eigenvalue weighted by Crippen LogP contribution is -2.41. The zero-order valence-corrected chi connectivity index (χ0v) is 13.8. The molecular weight excluding hydrogens is 304 g/mol. The van der Waals surface area contributed by atoms with Crippen LogP contribution in [0.2, 0.25) is 0 Å². The zero-order valence-electron chi connectivity index (χ0n) is 13.8. The van der Waals surface area contributed by atoms with Gasteiger partial charge in [-0.05, 0) is 20.3 Å². The third-order valence-electron chi connectivity index (χ3n) is 3.93. The van der Waals surface area contributed by atoms with Crippen molar-refractivity contribution >= 4 is 0 Å². The number of aromatic nitrogens is 2. The van der Waals surface area contributed by atoms with Gasteiger partial charge >= 0.3 is 5.69 Å². The van der Waals surface area contributed by atoms with Crippen LogP contribution in [0.25, 0.3) is 0 Å². The molecule has 1 aliphatic rings. The average molecular weight is 328 g/mol. The van der Waals surface area contributed by atoms with Gasteiger partial charge in [0.1, 0.15) is 12.2 Å². The van der Waals surface area contributed by atoms with Crippen LogP contribution >= 0.6 is 0 Å². The number of nitrogens with one attached hydrogen (secondary N) is 1. The minimum atomic E-state index is -0.872. The Morgan fingerprint density at radius 3 is 2.78 bits per heavy atom. The van der Waals surface area contributed by atoms with Crippen LogP contribution in [0.4, 0.5) is 0 Å². The van der Waals surface area contributed by atoms with Crippen LogP contribution in [0.3, 0.4) is 0 Å². The van der Waals surface area contributed by atoms with E-state index in [0.29, 0.717) is 18.6 Å². The lowest BCUT2D eigenvalue weighted by atomic mass is 10.1. The maximum atomic E-state index is 12.1. The third-order valence-corrected chi connectivity index (χ3v) is 3.93. The van der Waals surface area contributed by atoms with E-state index in [2.05, 4.69) is 4.98 Å². The Kier molecular flexibility index (Phi) is 5.74. The molecule has 1 aromatic heterocycles. The monoisotopic (exact) mass is 328 g/mol. The van der Waals surface area contributed by atoms with Crippen molar-refractivity contribution in [2.75, 3.05) is 13.7 Å². The molecule has 2 N–H and O–H groups in total. The predicted octanol–water partition coefficient (Wildman–Crippen LogP) is -0.0666. The van der Waals surface area contributed by atoms with E-state index >= 15 is 0 Å². The fourth-order valence-corrected chi connectivity index (χ4v) is 2.74. The number of hydrogen-bond acceptors (Lipinski definition) is 6. The molecule has 0 spiro atoms. The number of aliphatic hydroxyl groups is 1. The molecule has 5 atom stereocenters. The lowest BCUT2D eigenvalue weighted by molar-refractivity contribution is -0.111. The summed E-state index contributed by atoms with van der Waals surface area (Å²) in [6.45, 7) is 5.65. The van der Waals surface area contributed by atoms with E-state index in [4.69, 9.17) is 14.2 Å². The first-order valence-corrected chi connectivity index (χ1v) is 7.69. The van der Waals surface area contributed by atoms with Crippen LogP contribution in [-0.4, -0.2) is 52.8 Å². The van der Waals surface area contributed by atoms with Crippen molar-refractivity contribution in [1.82, 2.24) is 9.55 Å². The Morgan fingerprint density at radius 1 is 1.48 bits per heavy atom. The van der Waals surface area contributed by atoms with E-state index < -0.39 is 35.8 Å². The number of aryl methyl sites for hydroxylation is 1. The summed E-state index contributed by atoms with van der Waals surface area (Å²) in [5.41, 5.74) is -0.657. The Bertz CT molecular complexity index is 640. The summed E-state index contributed by atoms with van der Waals surface area (Å²) in [5.74, 6) is 0. The Morgan fingerprint density at radius 2 is 2.17 bits per heavy atom. The summed E-state index contributed by atoms with van der Waals surface area (Å²) in [4.78, 5) is 25.9. The molecule has 2 rings (SSSR count). The van der Waals surface area contributed by atoms with Gasteiger partial charge in [0.15, 0.2) is 6.23 Å². The molecule has 8 nitrogen and oxygen atoms in total. The molecule has 1 aromatic rings. The third kappa shape index (κ3) is 3.72. The number of hydrogen-bond donors (Lipinski definition) is 2. The van der Waals surface area contributed by atoms with Crippen molar-refractivity contribution in [3.63, 3.8) is 0 Å². The van der Waals surface area contributed by atoms with Crippen LogP contribution in [0.15, 0.2) is 15.8 Å². The van der Waals surface area contributed by atoms with Gasteiger partial charge < -0.3 is 19.3 Å². The Labute approximate surface area is 134 Å². The maximum Gasteiger partial charge on any atom is 0.330 e. The van der Waals surface area contributed by atoms with Gasteiger partial charge in [0.25, 0.3) is 5.56 Å². The number of methoxy groups -OCH3 is 1. The zero-order chi connectivity index (χ0) is 17.1. The highest BCUT2D eigenvalue weighted by atomic mass is 16.6. The molecule has 130 valence electrons. The summed E-state index contributed by atoms with van der Waals surface area (Å²) in [5, 5.41) is 10.4. The second kappa shape index (κ2) is 7.39. The molecule has 1 unspecified atom stereocenters. The summed E-state index contributed by atoms with van der Waals surface area (Å²) >= 11 is 0. The molecule has 0 bridgehead atoms. The van der Waals surface area contributed by atoms with Crippen LogP contribution in [0.5, 0.6) is 0 Å². The molecule has 0 aromatic carbocycles. The predicted molar refractivity (Wildman–Crippen MR) is 82.5 cm³/mol. The summed E-state index contributed by atoms with van der Waals surface area (Å²) in [6, 6.07) is 0. The van der Waals surface area contributed by atoms with Crippen LogP contribution < -0.4 is 11.2 Å². The van der Waals surface area contributed by atoms with E-state index in [1.54, 1.807) is 14.0 Å². The molecule has 1 aliphatic heterocycles. The van der Waals surface area contributed by atoms with Crippen molar-refractivity contribution in [3.05, 3.63) is 32.6 Å². The van der Waals surface area contributed by atoms with Crippen molar-refractivity contribution < 1.29 is 19.3 Å². The number of ether oxygens (including phenoxy) is 3. The van der Waals surface area contributed by atoms with Crippen LogP contribution in [0.1, 0.15) is 32.1 Å². The minimum absolute atomic E-state index is 0.277. The molecule has 0 aliphatic carbocycles. The SMILES string of the molecule is CC[C@H]1O[C@@H](n2cc(C)c(=O)[nH]c2=O)[C@@H](O[C@H](C)COC)C1O. The first-order chi connectivity index (χ1) is 10.9. The molecular formula is C15H24N2O6.